The number of carbonyl (C=O) groups excluding carboxylic acids is 1. The van der Waals surface area contributed by atoms with Crippen LogP contribution in [0.25, 0.3) is 0 Å². The van der Waals surface area contributed by atoms with Gasteiger partial charge in [-0.05, 0) is 39.7 Å². The van der Waals surface area contributed by atoms with Gasteiger partial charge in [-0.25, -0.2) is 0 Å². The molecule has 0 aromatic heterocycles. The van der Waals surface area contributed by atoms with Gasteiger partial charge in [-0.15, -0.1) is 0 Å². The molecule has 0 aromatic carbocycles. The second kappa shape index (κ2) is 3.76. The van der Waals surface area contributed by atoms with Crippen molar-refractivity contribution in [2.45, 2.75) is 44.2 Å². The topological polar surface area (TPSA) is 50.4 Å². The Labute approximate surface area is 90.8 Å². The number of rotatable bonds is 2. The number of hydrogen-bond donors (Lipinski definition) is 2. The van der Waals surface area contributed by atoms with Gasteiger partial charge in [0, 0.05) is 13.2 Å². The maximum absolute atomic E-state index is 12.1. The molecule has 2 saturated heterocycles. The summed E-state index contributed by atoms with van der Waals surface area (Å²) in [5.74, 6) is 0.0474. The van der Waals surface area contributed by atoms with E-state index in [0.717, 1.165) is 32.4 Å². The van der Waals surface area contributed by atoms with Crippen LogP contribution in [0.1, 0.15) is 33.1 Å². The van der Waals surface area contributed by atoms with Gasteiger partial charge in [0.2, 0.25) is 0 Å². The van der Waals surface area contributed by atoms with Crippen molar-refractivity contribution in [3.63, 3.8) is 0 Å². The van der Waals surface area contributed by atoms with E-state index in [-0.39, 0.29) is 11.4 Å². The van der Waals surface area contributed by atoms with Crippen molar-refractivity contribution in [1.82, 2.24) is 10.6 Å². The van der Waals surface area contributed by atoms with E-state index in [1.807, 2.05) is 6.92 Å². The highest BCUT2D eigenvalue weighted by atomic mass is 16.5. The van der Waals surface area contributed by atoms with Crippen LogP contribution >= 0.6 is 0 Å². The van der Waals surface area contributed by atoms with Crippen LogP contribution in [-0.2, 0) is 9.53 Å². The molecule has 86 valence electrons. The molecule has 0 radical (unpaired) electrons. The maximum atomic E-state index is 12.1. The number of carbonyl (C=O) groups is 1. The smallest absolute Gasteiger partial charge is 0.252 e. The second-order valence-electron chi connectivity index (χ2n) is 5.12. The molecule has 2 heterocycles. The van der Waals surface area contributed by atoms with Crippen LogP contribution in [0.3, 0.4) is 0 Å². The predicted molar refractivity (Wildman–Crippen MR) is 57.6 cm³/mol. The SMILES string of the molecule is CC1(NC(=O)C2(C)CCCO2)CCNC1. The normalized spacial score (nSPS) is 40.7. The minimum Gasteiger partial charge on any atom is -0.365 e. The largest absolute Gasteiger partial charge is 0.365 e. The van der Waals surface area contributed by atoms with Gasteiger partial charge >= 0.3 is 0 Å². The molecule has 0 aromatic rings. The minimum atomic E-state index is -0.592. The van der Waals surface area contributed by atoms with Crippen LogP contribution in [0, 0.1) is 0 Å². The minimum absolute atomic E-state index is 0.0474. The zero-order valence-electron chi connectivity index (χ0n) is 9.56. The Balaban J connectivity index is 1.96. The summed E-state index contributed by atoms with van der Waals surface area (Å²) in [6.45, 7) is 6.52. The molecule has 0 aliphatic carbocycles. The summed E-state index contributed by atoms with van der Waals surface area (Å²) in [7, 11) is 0. The predicted octanol–water partition coefficient (Wildman–Crippen LogP) is 0.424. The molecular weight excluding hydrogens is 192 g/mol. The fourth-order valence-electron chi connectivity index (χ4n) is 2.29. The van der Waals surface area contributed by atoms with Crippen LogP contribution in [-0.4, -0.2) is 36.7 Å². The molecule has 2 unspecified atom stereocenters. The first-order valence-corrected chi connectivity index (χ1v) is 5.71. The summed E-state index contributed by atoms with van der Waals surface area (Å²) in [6, 6.07) is 0. The third-order valence-electron chi connectivity index (χ3n) is 3.48. The maximum Gasteiger partial charge on any atom is 0.252 e. The molecule has 2 aliphatic rings. The van der Waals surface area contributed by atoms with E-state index in [2.05, 4.69) is 17.6 Å². The van der Waals surface area contributed by atoms with E-state index in [4.69, 9.17) is 4.74 Å². The number of amides is 1. The highest BCUT2D eigenvalue weighted by molar-refractivity contribution is 5.85. The highest BCUT2D eigenvalue weighted by Gasteiger charge is 2.41. The summed E-state index contributed by atoms with van der Waals surface area (Å²) >= 11 is 0. The molecule has 0 bridgehead atoms. The molecular formula is C11H20N2O2. The van der Waals surface area contributed by atoms with Crippen molar-refractivity contribution < 1.29 is 9.53 Å². The molecule has 2 N–H and O–H groups in total. The standard InChI is InChI=1S/C11H20N2O2/c1-10(5-6-12-8-10)13-9(14)11(2)4-3-7-15-11/h12H,3-8H2,1-2H3,(H,13,14). The Morgan fingerprint density at radius 3 is 2.73 bits per heavy atom. The summed E-state index contributed by atoms with van der Waals surface area (Å²) in [5.41, 5.74) is -0.683. The number of nitrogens with one attached hydrogen (secondary N) is 2. The van der Waals surface area contributed by atoms with Crippen molar-refractivity contribution in [3.8, 4) is 0 Å². The average Bonchev–Trinajstić information content (AvgIpc) is 2.76. The monoisotopic (exact) mass is 212 g/mol. The Bertz CT molecular complexity index is 253. The van der Waals surface area contributed by atoms with E-state index in [1.165, 1.54) is 0 Å². The van der Waals surface area contributed by atoms with Crippen LogP contribution in [0.5, 0.6) is 0 Å². The van der Waals surface area contributed by atoms with E-state index in [1.54, 1.807) is 0 Å². The number of ether oxygens (including phenoxy) is 1. The molecule has 4 heteroatoms. The van der Waals surface area contributed by atoms with Gasteiger partial charge in [-0.3, -0.25) is 4.79 Å². The third kappa shape index (κ3) is 2.16. The van der Waals surface area contributed by atoms with Gasteiger partial charge < -0.3 is 15.4 Å². The van der Waals surface area contributed by atoms with Crippen LogP contribution in [0.15, 0.2) is 0 Å². The third-order valence-corrected chi connectivity index (χ3v) is 3.48. The van der Waals surface area contributed by atoms with Crippen LogP contribution < -0.4 is 10.6 Å². The summed E-state index contributed by atoms with van der Waals surface area (Å²) in [6.07, 6.45) is 2.82. The van der Waals surface area contributed by atoms with Crippen molar-refractivity contribution in [1.29, 1.82) is 0 Å². The van der Waals surface area contributed by atoms with Crippen molar-refractivity contribution >= 4 is 5.91 Å². The van der Waals surface area contributed by atoms with E-state index >= 15 is 0 Å². The Hall–Kier alpha value is -0.610. The lowest BCUT2D eigenvalue weighted by Gasteiger charge is -2.30. The van der Waals surface area contributed by atoms with Gasteiger partial charge in [0.1, 0.15) is 5.60 Å². The first-order chi connectivity index (χ1) is 7.04. The summed E-state index contributed by atoms with van der Waals surface area (Å²) in [4.78, 5) is 12.1. The lowest BCUT2D eigenvalue weighted by atomic mass is 9.96. The van der Waals surface area contributed by atoms with E-state index < -0.39 is 5.60 Å². The first kappa shape index (κ1) is 10.9. The van der Waals surface area contributed by atoms with Gasteiger partial charge in [0.25, 0.3) is 5.91 Å². The zero-order valence-corrected chi connectivity index (χ0v) is 9.56. The van der Waals surface area contributed by atoms with Crippen molar-refractivity contribution in [2.24, 2.45) is 0 Å². The molecule has 2 aliphatic heterocycles. The fourth-order valence-corrected chi connectivity index (χ4v) is 2.29. The van der Waals surface area contributed by atoms with Crippen LogP contribution in [0.2, 0.25) is 0 Å². The first-order valence-electron chi connectivity index (χ1n) is 5.71. The summed E-state index contributed by atoms with van der Waals surface area (Å²) < 4.78 is 5.53. The van der Waals surface area contributed by atoms with Gasteiger partial charge in [-0.2, -0.15) is 0 Å². The molecule has 2 fully saturated rings. The molecule has 2 rings (SSSR count). The molecule has 15 heavy (non-hydrogen) atoms. The molecule has 0 spiro atoms. The lowest BCUT2D eigenvalue weighted by Crippen LogP contribution is -2.54. The molecule has 2 atom stereocenters. The van der Waals surface area contributed by atoms with Gasteiger partial charge in [0.05, 0.1) is 5.54 Å². The molecule has 0 saturated carbocycles. The second-order valence-corrected chi connectivity index (χ2v) is 5.12. The van der Waals surface area contributed by atoms with Gasteiger partial charge in [-0.1, -0.05) is 0 Å². The average molecular weight is 212 g/mol. The van der Waals surface area contributed by atoms with E-state index in [9.17, 15) is 4.79 Å². The highest BCUT2D eigenvalue weighted by Crippen LogP contribution is 2.26. The van der Waals surface area contributed by atoms with E-state index in [0.29, 0.717) is 6.61 Å². The summed E-state index contributed by atoms with van der Waals surface area (Å²) in [5, 5.41) is 6.38. The number of hydrogen-bond acceptors (Lipinski definition) is 3. The van der Waals surface area contributed by atoms with Gasteiger partial charge in [0.15, 0.2) is 0 Å². The molecule has 1 amide bonds. The van der Waals surface area contributed by atoms with Crippen molar-refractivity contribution in [2.75, 3.05) is 19.7 Å². The Kier molecular flexibility index (Phi) is 2.73. The lowest BCUT2D eigenvalue weighted by molar-refractivity contribution is -0.141. The zero-order chi connectivity index (χ0) is 10.9. The Morgan fingerprint density at radius 1 is 1.40 bits per heavy atom. The van der Waals surface area contributed by atoms with Crippen molar-refractivity contribution in [3.05, 3.63) is 0 Å². The van der Waals surface area contributed by atoms with Crippen LogP contribution in [0.4, 0.5) is 0 Å². The fraction of sp³-hybridized carbons (Fsp3) is 0.909. The molecule has 4 nitrogen and oxygen atoms in total. The Morgan fingerprint density at radius 2 is 2.20 bits per heavy atom. The quantitative estimate of drug-likeness (QED) is 0.697.